The van der Waals surface area contributed by atoms with Crippen molar-refractivity contribution >= 4 is 0 Å². The van der Waals surface area contributed by atoms with Gasteiger partial charge in [0.25, 0.3) is 0 Å². The summed E-state index contributed by atoms with van der Waals surface area (Å²) < 4.78 is 0.903. The second kappa shape index (κ2) is 5.70. The third-order valence-corrected chi connectivity index (χ3v) is 3.79. The van der Waals surface area contributed by atoms with E-state index in [1.165, 1.54) is 5.56 Å². The van der Waals surface area contributed by atoms with Crippen molar-refractivity contribution in [3.05, 3.63) is 48.6 Å². The molecule has 1 unspecified atom stereocenters. The highest BCUT2D eigenvalue weighted by Crippen LogP contribution is 2.33. The minimum Gasteiger partial charge on any atom is -1.00 e. The minimum absolute atomic E-state index is 0. The first-order valence-electron chi connectivity index (χ1n) is 5.82. The highest BCUT2D eigenvalue weighted by molar-refractivity contribution is 5.20. The van der Waals surface area contributed by atoms with Gasteiger partial charge < -0.3 is 16.9 Å². The van der Waals surface area contributed by atoms with Crippen LogP contribution in [0, 0.1) is 0 Å². The van der Waals surface area contributed by atoms with Gasteiger partial charge in [-0.15, -0.1) is 0 Å². The molecule has 0 spiro atoms. The molecule has 1 aromatic rings. The quantitative estimate of drug-likeness (QED) is 0.552. The van der Waals surface area contributed by atoms with Gasteiger partial charge in [-0.25, -0.2) is 0 Å². The molecular weight excluding hydrogens is 230 g/mol. The Labute approximate surface area is 112 Å². The number of likely N-dealkylation sites (N-methyl/N-ethyl adjacent to an activating group) is 1. The molecule has 0 aliphatic heterocycles. The summed E-state index contributed by atoms with van der Waals surface area (Å²) in [5, 5.41) is 0. The number of halogens is 1. The van der Waals surface area contributed by atoms with Crippen LogP contribution in [0.15, 0.2) is 43.0 Å². The lowest BCUT2D eigenvalue weighted by Gasteiger charge is -2.47. The first-order chi connectivity index (χ1) is 7.30. The summed E-state index contributed by atoms with van der Waals surface area (Å²) in [7, 11) is 4.53. The second-order valence-electron chi connectivity index (χ2n) is 5.80. The first kappa shape index (κ1) is 16.2. The van der Waals surface area contributed by atoms with Gasteiger partial charge in [0.2, 0.25) is 0 Å². The van der Waals surface area contributed by atoms with Gasteiger partial charge in [-0.3, -0.25) is 0 Å². The van der Waals surface area contributed by atoms with E-state index in [1.54, 1.807) is 0 Å². The predicted octanol–water partition coefficient (Wildman–Crippen LogP) is 0.793. The average molecular weight is 254 g/mol. The van der Waals surface area contributed by atoms with Gasteiger partial charge in [0.05, 0.1) is 19.6 Å². The van der Waals surface area contributed by atoms with E-state index in [0.29, 0.717) is 6.04 Å². The summed E-state index contributed by atoms with van der Waals surface area (Å²) >= 11 is 0. The van der Waals surface area contributed by atoms with Crippen LogP contribution in [0.5, 0.6) is 0 Å². The molecule has 0 saturated carbocycles. The van der Waals surface area contributed by atoms with Gasteiger partial charge in [0, 0.05) is 5.56 Å². The zero-order valence-corrected chi connectivity index (χ0v) is 12.3. The lowest BCUT2D eigenvalue weighted by atomic mass is 9.95. The molecule has 1 rings (SSSR count). The molecular formula is C15H24ClN. The third-order valence-electron chi connectivity index (χ3n) is 3.79. The summed E-state index contributed by atoms with van der Waals surface area (Å²) in [5.74, 6) is 0. The standard InChI is InChI=1S/C15H24N.ClH/c1-7-14(13-11-9-8-10-12-13)16(5,6)15(2,3)4;/h7-12,14H,1H2,2-6H3;1H/q+1;/p-1. The average Bonchev–Trinajstić information content (AvgIpc) is 2.18. The smallest absolute Gasteiger partial charge is 0.133 e. The van der Waals surface area contributed by atoms with E-state index in [4.69, 9.17) is 0 Å². The summed E-state index contributed by atoms with van der Waals surface area (Å²) in [6.45, 7) is 10.8. The summed E-state index contributed by atoms with van der Waals surface area (Å²) in [4.78, 5) is 0. The Kier molecular flexibility index (Phi) is 5.44. The molecule has 0 saturated heterocycles. The van der Waals surface area contributed by atoms with Crippen molar-refractivity contribution in [1.82, 2.24) is 0 Å². The van der Waals surface area contributed by atoms with Crippen molar-refractivity contribution in [2.75, 3.05) is 14.1 Å². The Morgan fingerprint density at radius 1 is 1.12 bits per heavy atom. The maximum absolute atomic E-state index is 4.00. The van der Waals surface area contributed by atoms with E-state index in [-0.39, 0.29) is 17.9 Å². The number of quaternary nitrogens is 1. The topological polar surface area (TPSA) is 0 Å². The van der Waals surface area contributed by atoms with E-state index >= 15 is 0 Å². The van der Waals surface area contributed by atoms with Crippen molar-refractivity contribution in [3.8, 4) is 0 Å². The second-order valence-corrected chi connectivity index (χ2v) is 5.80. The maximum atomic E-state index is 4.00. The highest BCUT2D eigenvalue weighted by Gasteiger charge is 2.38. The van der Waals surface area contributed by atoms with Gasteiger partial charge in [0.15, 0.2) is 0 Å². The Morgan fingerprint density at radius 3 is 1.94 bits per heavy atom. The first-order valence-corrected chi connectivity index (χ1v) is 5.82. The van der Waals surface area contributed by atoms with Crippen LogP contribution in [-0.4, -0.2) is 24.1 Å². The molecule has 0 aliphatic rings. The van der Waals surface area contributed by atoms with E-state index in [2.05, 4.69) is 77.9 Å². The molecule has 2 heteroatoms. The van der Waals surface area contributed by atoms with Gasteiger partial charge in [-0.05, 0) is 26.8 Å². The molecule has 96 valence electrons. The van der Waals surface area contributed by atoms with E-state index < -0.39 is 0 Å². The van der Waals surface area contributed by atoms with Crippen LogP contribution in [-0.2, 0) is 0 Å². The summed E-state index contributed by atoms with van der Waals surface area (Å²) in [6.07, 6.45) is 2.06. The molecule has 1 nitrogen and oxygen atoms in total. The van der Waals surface area contributed by atoms with Gasteiger partial charge in [-0.2, -0.15) is 0 Å². The molecule has 1 aromatic carbocycles. The minimum atomic E-state index is 0. The van der Waals surface area contributed by atoms with Crippen LogP contribution < -0.4 is 12.4 Å². The molecule has 0 aliphatic carbocycles. The number of nitrogens with zero attached hydrogens (tertiary/aromatic N) is 1. The largest absolute Gasteiger partial charge is 1.00 e. The molecule has 0 amide bonds. The Morgan fingerprint density at radius 2 is 1.59 bits per heavy atom. The van der Waals surface area contributed by atoms with Crippen molar-refractivity contribution in [3.63, 3.8) is 0 Å². The number of hydrogen-bond donors (Lipinski definition) is 0. The van der Waals surface area contributed by atoms with Crippen LogP contribution in [0.2, 0.25) is 0 Å². The van der Waals surface area contributed by atoms with Crippen molar-refractivity contribution in [2.45, 2.75) is 32.4 Å². The maximum Gasteiger partial charge on any atom is 0.133 e. The fourth-order valence-corrected chi connectivity index (χ4v) is 1.84. The van der Waals surface area contributed by atoms with Gasteiger partial charge >= 0.3 is 0 Å². The zero-order valence-electron chi connectivity index (χ0n) is 11.6. The van der Waals surface area contributed by atoms with Crippen LogP contribution in [0.1, 0.15) is 32.4 Å². The number of benzene rings is 1. The normalized spacial score (nSPS) is 13.7. The number of rotatable bonds is 3. The Bertz CT molecular complexity index is 349. The van der Waals surface area contributed by atoms with Gasteiger partial charge in [0.1, 0.15) is 6.04 Å². The molecule has 0 radical (unpaired) electrons. The molecule has 0 N–H and O–H groups in total. The molecule has 0 fully saturated rings. The van der Waals surface area contributed by atoms with Gasteiger partial charge in [-0.1, -0.05) is 36.9 Å². The molecule has 1 atom stereocenters. The van der Waals surface area contributed by atoms with Crippen molar-refractivity contribution in [2.24, 2.45) is 0 Å². The van der Waals surface area contributed by atoms with Crippen molar-refractivity contribution < 1.29 is 16.9 Å². The Hall–Kier alpha value is -0.790. The fourth-order valence-electron chi connectivity index (χ4n) is 1.84. The molecule has 0 bridgehead atoms. The zero-order chi connectivity index (χ0) is 12.4. The molecule has 0 aromatic heterocycles. The Balaban J connectivity index is 0.00000256. The van der Waals surface area contributed by atoms with Crippen LogP contribution >= 0.6 is 0 Å². The lowest BCUT2D eigenvalue weighted by Crippen LogP contribution is -3.00. The van der Waals surface area contributed by atoms with E-state index in [0.717, 1.165) is 4.48 Å². The predicted molar refractivity (Wildman–Crippen MR) is 71.2 cm³/mol. The third kappa shape index (κ3) is 3.34. The number of hydrogen-bond acceptors (Lipinski definition) is 0. The summed E-state index contributed by atoms with van der Waals surface area (Å²) in [5.41, 5.74) is 1.52. The summed E-state index contributed by atoms with van der Waals surface area (Å²) in [6, 6.07) is 10.9. The van der Waals surface area contributed by atoms with E-state index in [9.17, 15) is 0 Å². The monoisotopic (exact) mass is 253 g/mol. The fraction of sp³-hybridized carbons (Fsp3) is 0.467. The molecule has 17 heavy (non-hydrogen) atoms. The van der Waals surface area contributed by atoms with Crippen molar-refractivity contribution in [1.29, 1.82) is 0 Å². The van der Waals surface area contributed by atoms with E-state index in [1.807, 2.05) is 0 Å². The van der Waals surface area contributed by atoms with Crippen LogP contribution in [0.4, 0.5) is 0 Å². The van der Waals surface area contributed by atoms with Crippen LogP contribution in [0.25, 0.3) is 0 Å². The SMILES string of the molecule is C=CC(c1ccccc1)[N+](C)(C)C(C)(C)C.[Cl-]. The lowest BCUT2D eigenvalue weighted by molar-refractivity contribution is -0.958. The van der Waals surface area contributed by atoms with Crippen LogP contribution in [0.3, 0.4) is 0 Å². The molecule has 0 heterocycles. The highest BCUT2D eigenvalue weighted by atomic mass is 35.5.